The Morgan fingerprint density at radius 1 is 0.900 bits per heavy atom. The highest BCUT2D eigenvalue weighted by molar-refractivity contribution is 5.87. The first kappa shape index (κ1) is 12.2. The van der Waals surface area contributed by atoms with E-state index in [1.807, 2.05) is 54.6 Å². The fourth-order valence-corrected chi connectivity index (χ4v) is 2.07. The van der Waals surface area contributed by atoms with Gasteiger partial charge in [0.15, 0.2) is 0 Å². The van der Waals surface area contributed by atoms with Crippen LogP contribution in [0.4, 0.5) is 0 Å². The molecule has 4 nitrogen and oxygen atoms in total. The predicted molar refractivity (Wildman–Crippen MR) is 76.4 cm³/mol. The average molecular weight is 264 g/mol. The summed E-state index contributed by atoms with van der Waals surface area (Å²) in [5.41, 5.74) is 3.78. The van der Waals surface area contributed by atoms with E-state index in [0.29, 0.717) is 5.69 Å². The molecule has 3 aromatic rings. The Morgan fingerprint density at radius 3 is 2.30 bits per heavy atom. The van der Waals surface area contributed by atoms with Gasteiger partial charge in [0.25, 0.3) is 0 Å². The molecular weight excluding hydrogens is 252 g/mol. The van der Waals surface area contributed by atoms with Crippen molar-refractivity contribution in [1.29, 1.82) is 0 Å². The van der Waals surface area contributed by atoms with Crippen molar-refractivity contribution in [3.05, 3.63) is 66.4 Å². The van der Waals surface area contributed by atoms with Crippen LogP contribution in [0.2, 0.25) is 0 Å². The molecule has 0 bridgehead atoms. The van der Waals surface area contributed by atoms with E-state index in [9.17, 15) is 4.79 Å². The second kappa shape index (κ2) is 5.01. The van der Waals surface area contributed by atoms with Crippen LogP contribution in [-0.2, 0) is 0 Å². The number of H-pyrrole nitrogens is 1. The molecule has 0 amide bonds. The maximum atomic E-state index is 10.9. The van der Waals surface area contributed by atoms with Crippen LogP contribution < -0.4 is 0 Å². The number of aromatic carboxylic acids is 1. The molecule has 1 aromatic heterocycles. The number of carboxylic acid groups (broad SMARTS) is 1. The van der Waals surface area contributed by atoms with Gasteiger partial charge >= 0.3 is 5.97 Å². The molecule has 20 heavy (non-hydrogen) atoms. The Morgan fingerprint density at radius 2 is 1.60 bits per heavy atom. The predicted octanol–water partition coefficient (Wildman–Crippen LogP) is 3.44. The smallest absolute Gasteiger partial charge is 0.353 e. The summed E-state index contributed by atoms with van der Waals surface area (Å²) in [5.74, 6) is -1.01. The van der Waals surface area contributed by atoms with Crippen molar-refractivity contribution in [2.75, 3.05) is 0 Å². The number of carbonyl (C=O) groups is 1. The molecule has 2 aromatic carbocycles. The fourth-order valence-electron chi connectivity index (χ4n) is 2.07. The van der Waals surface area contributed by atoms with Gasteiger partial charge in [-0.05, 0) is 23.3 Å². The van der Waals surface area contributed by atoms with Gasteiger partial charge in [-0.2, -0.15) is 5.10 Å². The third kappa shape index (κ3) is 2.31. The fraction of sp³-hybridized carbons (Fsp3) is 0. The average Bonchev–Trinajstić information content (AvgIpc) is 2.98. The van der Waals surface area contributed by atoms with E-state index in [1.54, 1.807) is 0 Å². The maximum absolute atomic E-state index is 10.9. The lowest BCUT2D eigenvalue weighted by atomic mass is 10.0. The molecule has 4 heteroatoms. The van der Waals surface area contributed by atoms with Crippen molar-refractivity contribution >= 4 is 5.97 Å². The third-order valence-corrected chi connectivity index (χ3v) is 3.07. The van der Waals surface area contributed by atoms with Gasteiger partial charge in [0.2, 0.25) is 0 Å². The standard InChI is InChI=1S/C16H12N2O2/c19-16(20)15-10-14(17-18-15)13-8-4-7-12(9-13)11-5-2-1-3-6-11/h1-10H,(H,17,18)(H,19,20). The van der Waals surface area contributed by atoms with E-state index >= 15 is 0 Å². The largest absolute Gasteiger partial charge is 0.477 e. The summed E-state index contributed by atoms with van der Waals surface area (Å²) in [6, 6.07) is 19.4. The van der Waals surface area contributed by atoms with Crippen molar-refractivity contribution < 1.29 is 9.90 Å². The number of benzene rings is 2. The van der Waals surface area contributed by atoms with E-state index in [-0.39, 0.29) is 5.69 Å². The topological polar surface area (TPSA) is 66.0 Å². The molecular formula is C16H12N2O2. The number of hydrogen-bond acceptors (Lipinski definition) is 2. The van der Waals surface area contributed by atoms with Crippen LogP contribution in [0.15, 0.2) is 60.7 Å². The zero-order valence-electron chi connectivity index (χ0n) is 10.6. The lowest BCUT2D eigenvalue weighted by Crippen LogP contribution is -1.95. The summed E-state index contributed by atoms with van der Waals surface area (Å²) < 4.78 is 0. The second-order valence-corrected chi connectivity index (χ2v) is 4.42. The van der Waals surface area contributed by atoms with Gasteiger partial charge in [0.1, 0.15) is 5.69 Å². The van der Waals surface area contributed by atoms with Crippen LogP contribution in [0.1, 0.15) is 10.5 Å². The van der Waals surface area contributed by atoms with E-state index in [0.717, 1.165) is 16.7 Å². The Hall–Kier alpha value is -2.88. The van der Waals surface area contributed by atoms with Crippen LogP contribution in [0.3, 0.4) is 0 Å². The monoisotopic (exact) mass is 264 g/mol. The van der Waals surface area contributed by atoms with Crippen molar-refractivity contribution in [3.8, 4) is 22.4 Å². The Kier molecular flexibility index (Phi) is 3.05. The van der Waals surface area contributed by atoms with E-state index in [1.165, 1.54) is 6.07 Å². The van der Waals surface area contributed by atoms with Gasteiger partial charge in [-0.1, -0.05) is 48.5 Å². The summed E-state index contributed by atoms with van der Waals surface area (Å²) in [7, 11) is 0. The van der Waals surface area contributed by atoms with Gasteiger partial charge in [-0.25, -0.2) is 4.79 Å². The van der Waals surface area contributed by atoms with Gasteiger partial charge < -0.3 is 5.11 Å². The van der Waals surface area contributed by atoms with Gasteiger partial charge in [-0.15, -0.1) is 0 Å². The summed E-state index contributed by atoms with van der Waals surface area (Å²) in [6.07, 6.45) is 0. The summed E-state index contributed by atoms with van der Waals surface area (Å²) in [6.45, 7) is 0. The molecule has 0 aliphatic heterocycles. The van der Waals surface area contributed by atoms with Gasteiger partial charge in [0, 0.05) is 5.56 Å². The molecule has 0 saturated carbocycles. The molecule has 0 radical (unpaired) electrons. The second-order valence-electron chi connectivity index (χ2n) is 4.42. The maximum Gasteiger partial charge on any atom is 0.353 e. The summed E-state index contributed by atoms with van der Waals surface area (Å²) >= 11 is 0. The molecule has 98 valence electrons. The molecule has 1 heterocycles. The third-order valence-electron chi connectivity index (χ3n) is 3.07. The van der Waals surface area contributed by atoms with Gasteiger partial charge in [0.05, 0.1) is 5.69 Å². The minimum atomic E-state index is -1.01. The molecule has 0 aliphatic carbocycles. The first-order valence-corrected chi connectivity index (χ1v) is 6.18. The van der Waals surface area contributed by atoms with Crippen LogP contribution in [0.25, 0.3) is 22.4 Å². The van der Waals surface area contributed by atoms with E-state index in [4.69, 9.17) is 5.11 Å². The van der Waals surface area contributed by atoms with Crippen LogP contribution in [-0.4, -0.2) is 21.3 Å². The molecule has 0 unspecified atom stereocenters. The quantitative estimate of drug-likeness (QED) is 0.761. The lowest BCUT2D eigenvalue weighted by Gasteiger charge is -2.03. The van der Waals surface area contributed by atoms with Crippen molar-refractivity contribution in [2.24, 2.45) is 0 Å². The first-order valence-electron chi connectivity index (χ1n) is 6.18. The molecule has 3 rings (SSSR count). The highest BCUT2D eigenvalue weighted by atomic mass is 16.4. The van der Waals surface area contributed by atoms with Crippen LogP contribution in [0.5, 0.6) is 0 Å². The van der Waals surface area contributed by atoms with Gasteiger partial charge in [-0.3, -0.25) is 5.10 Å². The lowest BCUT2D eigenvalue weighted by molar-refractivity contribution is 0.0690. The van der Waals surface area contributed by atoms with Crippen molar-refractivity contribution in [2.45, 2.75) is 0 Å². The molecule has 0 atom stereocenters. The number of nitrogens with zero attached hydrogens (tertiary/aromatic N) is 1. The van der Waals surface area contributed by atoms with E-state index < -0.39 is 5.97 Å². The highest BCUT2D eigenvalue weighted by Crippen LogP contribution is 2.25. The number of rotatable bonds is 3. The molecule has 0 spiro atoms. The Balaban J connectivity index is 2.01. The number of nitrogens with one attached hydrogen (secondary N) is 1. The first-order chi connectivity index (χ1) is 9.74. The highest BCUT2D eigenvalue weighted by Gasteiger charge is 2.09. The Labute approximate surface area is 115 Å². The summed E-state index contributed by atoms with van der Waals surface area (Å²) in [4.78, 5) is 10.9. The van der Waals surface area contributed by atoms with E-state index in [2.05, 4.69) is 10.2 Å². The minimum Gasteiger partial charge on any atom is -0.477 e. The van der Waals surface area contributed by atoms with Crippen LogP contribution >= 0.6 is 0 Å². The molecule has 0 aliphatic rings. The summed E-state index contributed by atoms with van der Waals surface area (Å²) in [5, 5.41) is 15.5. The SMILES string of the molecule is O=C(O)c1cc(-c2cccc(-c3ccccc3)c2)n[nH]1. The molecule has 2 N–H and O–H groups in total. The number of hydrogen-bond donors (Lipinski definition) is 2. The van der Waals surface area contributed by atoms with Crippen molar-refractivity contribution in [3.63, 3.8) is 0 Å². The zero-order chi connectivity index (χ0) is 13.9. The Bertz CT molecular complexity index is 748. The normalized spacial score (nSPS) is 10.4. The molecule has 0 fully saturated rings. The number of aromatic nitrogens is 2. The molecule has 0 saturated heterocycles. The van der Waals surface area contributed by atoms with Crippen LogP contribution in [0, 0.1) is 0 Å². The minimum absolute atomic E-state index is 0.0881. The number of aromatic amines is 1. The zero-order valence-corrected chi connectivity index (χ0v) is 10.6. The number of carboxylic acids is 1. The van der Waals surface area contributed by atoms with Crippen molar-refractivity contribution in [1.82, 2.24) is 10.2 Å².